The summed E-state index contributed by atoms with van der Waals surface area (Å²) < 4.78 is 12.4. The molecular formula is C21H30N4O5. The number of fused-ring (bicyclic) bond motifs is 1. The number of hydrogen-bond acceptors (Lipinski definition) is 7. The van der Waals surface area contributed by atoms with E-state index in [1.165, 1.54) is 9.42 Å². The molecule has 2 unspecified atom stereocenters. The standard InChI is InChI=1S/C21H30N4O5/c1-20(2,3)29-18(27)15-8-7-13(12-24(15)19(28)30-21(4,5)6)14-11-17(26)25-16(23-14)9-10-22-25/h9-11,13,15,26H,7-8,12H2,1-6H3. The van der Waals surface area contributed by atoms with Crippen LogP contribution in [0.25, 0.3) is 5.65 Å². The molecule has 30 heavy (non-hydrogen) atoms. The first-order valence-electron chi connectivity index (χ1n) is 10.1. The molecule has 0 bridgehead atoms. The van der Waals surface area contributed by atoms with E-state index in [9.17, 15) is 14.7 Å². The molecule has 3 heterocycles. The summed E-state index contributed by atoms with van der Waals surface area (Å²) in [5, 5.41) is 14.3. The summed E-state index contributed by atoms with van der Waals surface area (Å²) in [4.78, 5) is 31.7. The lowest BCUT2D eigenvalue weighted by molar-refractivity contribution is -0.162. The van der Waals surface area contributed by atoms with Gasteiger partial charge in [0.1, 0.15) is 17.2 Å². The minimum Gasteiger partial charge on any atom is -0.493 e. The van der Waals surface area contributed by atoms with E-state index in [1.807, 2.05) is 0 Å². The Bertz CT molecular complexity index is 941. The second-order valence-corrected chi connectivity index (χ2v) is 9.60. The van der Waals surface area contributed by atoms with Gasteiger partial charge in [0.15, 0.2) is 5.65 Å². The van der Waals surface area contributed by atoms with Crippen LogP contribution in [0, 0.1) is 0 Å². The van der Waals surface area contributed by atoms with Gasteiger partial charge in [0, 0.05) is 24.6 Å². The van der Waals surface area contributed by atoms with Crippen LogP contribution in [0.4, 0.5) is 4.79 Å². The molecule has 2 aromatic rings. The molecule has 9 heteroatoms. The zero-order valence-corrected chi connectivity index (χ0v) is 18.4. The largest absolute Gasteiger partial charge is 0.493 e. The van der Waals surface area contributed by atoms with Gasteiger partial charge in [-0.1, -0.05) is 0 Å². The molecule has 9 nitrogen and oxygen atoms in total. The molecule has 1 fully saturated rings. The maximum absolute atomic E-state index is 12.9. The normalized spacial score (nSPS) is 20.3. The third kappa shape index (κ3) is 5.01. The summed E-state index contributed by atoms with van der Waals surface area (Å²) in [5.74, 6) is -0.644. The predicted octanol–water partition coefficient (Wildman–Crippen LogP) is 3.26. The Labute approximate surface area is 176 Å². The topological polar surface area (TPSA) is 106 Å². The Kier molecular flexibility index (Phi) is 5.66. The first-order valence-corrected chi connectivity index (χ1v) is 10.1. The Hall–Kier alpha value is -2.84. The molecule has 0 aromatic carbocycles. The van der Waals surface area contributed by atoms with Crippen LogP contribution in [0.15, 0.2) is 18.3 Å². The fourth-order valence-electron chi connectivity index (χ4n) is 3.47. The van der Waals surface area contributed by atoms with E-state index in [0.717, 1.165) is 0 Å². The monoisotopic (exact) mass is 418 g/mol. The number of ether oxygens (including phenoxy) is 2. The zero-order valence-electron chi connectivity index (χ0n) is 18.4. The Balaban J connectivity index is 1.88. The van der Waals surface area contributed by atoms with Crippen LogP contribution in [0.2, 0.25) is 0 Å². The van der Waals surface area contributed by atoms with Crippen LogP contribution < -0.4 is 0 Å². The zero-order chi connectivity index (χ0) is 22.3. The minimum atomic E-state index is -0.734. The number of piperidine rings is 1. The highest BCUT2D eigenvalue weighted by atomic mass is 16.6. The van der Waals surface area contributed by atoms with Gasteiger partial charge in [-0.3, -0.25) is 4.90 Å². The highest BCUT2D eigenvalue weighted by Crippen LogP contribution is 2.33. The van der Waals surface area contributed by atoms with E-state index in [2.05, 4.69) is 10.1 Å². The third-order valence-electron chi connectivity index (χ3n) is 4.67. The Morgan fingerprint density at radius 3 is 2.40 bits per heavy atom. The predicted molar refractivity (Wildman–Crippen MR) is 109 cm³/mol. The van der Waals surface area contributed by atoms with Crippen LogP contribution in [0.1, 0.15) is 66.0 Å². The second kappa shape index (κ2) is 7.77. The molecule has 2 atom stereocenters. The van der Waals surface area contributed by atoms with Crippen molar-refractivity contribution in [3.8, 4) is 5.88 Å². The van der Waals surface area contributed by atoms with Crippen molar-refractivity contribution in [2.75, 3.05) is 6.54 Å². The molecule has 1 N–H and O–H groups in total. The van der Waals surface area contributed by atoms with Crippen molar-refractivity contribution >= 4 is 17.7 Å². The molecule has 0 aliphatic carbocycles. The van der Waals surface area contributed by atoms with Gasteiger partial charge < -0.3 is 14.6 Å². The van der Waals surface area contributed by atoms with E-state index in [4.69, 9.17) is 9.47 Å². The number of esters is 1. The molecule has 1 saturated heterocycles. The Morgan fingerprint density at radius 1 is 1.10 bits per heavy atom. The van der Waals surface area contributed by atoms with Crippen molar-refractivity contribution in [3.63, 3.8) is 0 Å². The molecule has 0 spiro atoms. The molecule has 0 radical (unpaired) electrons. The number of nitrogens with zero attached hydrogens (tertiary/aromatic N) is 4. The van der Waals surface area contributed by atoms with Gasteiger partial charge in [0.2, 0.25) is 5.88 Å². The fraction of sp³-hybridized carbons (Fsp3) is 0.619. The summed E-state index contributed by atoms with van der Waals surface area (Å²) in [5.41, 5.74) is -0.205. The van der Waals surface area contributed by atoms with Crippen molar-refractivity contribution in [2.24, 2.45) is 0 Å². The lowest BCUT2D eigenvalue weighted by Crippen LogP contribution is -2.53. The maximum atomic E-state index is 12.9. The number of rotatable bonds is 2. The van der Waals surface area contributed by atoms with Crippen molar-refractivity contribution in [3.05, 3.63) is 24.0 Å². The van der Waals surface area contributed by atoms with E-state index in [-0.39, 0.29) is 18.3 Å². The molecule has 1 aliphatic heterocycles. The van der Waals surface area contributed by atoms with Crippen LogP contribution in [0.5, 0.6) is 5.88 Å². The smallest absolute Gasteiger partial charge is 0.411 e. The van der Waals surface area contributed by atoms with Crippen LogP contribution in [-0.4, -0.2) is 60.5 Å². The highest BCUT2D eigenvalue weighted by Gasteiger charge is 2.41. The van der Waals surface area contributed by atoms with E-state index in [1.54, 1.807) is 59.9 Å². The van der Waals surface area contributed by atoms with Gasteiger partial charge in [-0.25, -0.2) is 14.6 Å². The van der Waals surface area contributed by atoms with E-state index < -0.39 is 29.3 Å². The molecule has 2 aromatic heterocycles. The van der Waals surface area contributed by atoms with Gasteiger partial charge in [0.05, 0.1) is 11.9 Å². The summed E-state index contributed by atoms with van der Waals surface area (Å²) in [7, 11) is 0. The summed E-state index contributed by atoms with van der Waals surface area (Å²) in [6, 6.07) is 2.51. The number of likely N-dealkylation sites (tertiary alicyclic amines) is 1. The van der Waals surface area contributed by atoms with Gasteiger partial charge in [-0.2, -0.15) is 9.61 Å². The number of aromatic nitrogens is 3. The van der Waals surface area contributed by atoms with Crippen molar-refractivity contribution in [1.29, 1.82) is 0 Å². The number of carbonyl (C=O) groups excluding carboxylic acids is 2. The summed E-state index contributed by atoms with van der Waals surface area (Å²) in [6.07, 6.45) is 2.00. The lowest BCUT2D eigenvalue weighted by atomic mass is 9.90. The first kappa shape index (κ1) is 21.9. The fourth-order valence-corrected chi connectivity index (χ4v) is 3.47. The Morgan fingerprint density at radius 2 is 1.77 bits per heavy atom. The summed E-state index contributed by atoms with van der Waals surface area (Å²) in [6.45, 7) is 11.0. The average Bonchev–Trinajstić information content (AvgIpc) is 3.07. The maximum Gasteiger partial charge on any atom is 0.411 e. The molecule has 3 rings (SSSR count). The quantitative estimate of drug-likeness (QED) is 0.746. The SMILES string of the molecule is CC(C)(C)OC(=O)C1CCC(c2cc(O)n3nccc3n2)CN1C(=O)OC(C)(C)C. The molecular weight excluding hydrogens is 388 g/mol. The van der Waals surface area contributed by atoms with E-state index in [0.29, 0.717) is 24.2 Å². The lowest BCUT2D eigenvalue weighted by Gasteiger charge is -2.39. The number of hydrogen-bond donors (Lipinski definition) is 1. The van der Waals surface area contributed by atoms with Gasteiger partial charge in [-0.15, -0.1) is 0 Å². The molecule has 0 saturated carbocycles. The van der Waals surface area contributed by atoms with Crippen LogP contribution >= 0.6 is 0 Å². The second-order valence-electron chi connectivity index (χ2n) is 9.60. The van der Waals surface area contributed by atoms with Crippen molar-refractivity contribution in [1.82, 2.24) is 19.5 Å². The van der Waals surface area contributed by atoms with Gasteiger partial charge in [0.25, 0.3) is 0 Å². The molecule has 1 amide bonds. The van der Waals surface area contributed by atoms with Crippen LogP contribution in [0.3, 0.4) is 0 Å². The third-order valence-corrected chi connectivity index (χ3v) is 4.67. The first-order chi connectivity index (χ1) is 13.8. The van der Waals surface area contributed by atoms with Crippen LogP contribution in [-0.2, 0) is 14.3 Å². The minimum absolute atomic E-state index is 0.0296. The van der Waals surface area contributed by atoms with E-state index >= 15 is 0 Å². The highest BCUT2D eigenvalue weighted by molar-refractivity contribution is 5.82. The van der Waals surface area contributed by atoms with Crippen molar-refractivity contribution in [2.45, 2.75) is 77.5 Å². The number of aromatic hydroxyl groups is 1. The van der Waals surface area contributed by atoms with Gasteiger partial charge >= 0.3 is 12.1 Å². The summed E-state index contributed by atoms with van der Waals surface area (Å²) >= 11 is 0. The number of amides is 1. The molecule has 164 valence electrons. The molecule has 1 aliphatic rings. The average molecular weight is 418 g/mol. The number of carbonyl (C=O) groups is 2. The van der Waals surface area contributed by atoms with Gasteiger partial charge in [-0.05, 0) is 54.4 Å². The van der Waals surface area contributed by atoms with Crippen molar-refractivity contribution < 1.29 is 24.2 Å².